The Morgan fingerprint density at radius 2 is 1.71 bits per heavy atom. The van der Waals surface area contributed by atoms with Gasteiger partial charge in [-0.1, -0.05) is 31.5 Å². The van der Waals surface area contributed by atoms with Crippen molar-refractivity contribution in [3.8, 4) is 0 Å². The van der Waals surface area contributed by atoms with Gasteiger partial charge in [0.05, 0.1) is 10.8 Å². The van der Waals surface area contributed by atoms with Crippen molar-refractivity contribution in [2.24, 2.45) is 17.8 Å². The van der Waals surface area contributed by atoms with Gasteiger partial charge in [0.1, 0.15) is 0 Å². The minimum Gasteiger partial charge on any atom is -0.475 e. The summed E-state index contributed by atoms with van der Waals surface area (Å²) < 4.78 is 59.3. The second-order valence-corrected chi connectivity index (χ2v) is 11.9. The molecule has 1 aromatic carbocycles. The maximum absolute atomic E-state index is 13.0. The zero-order valence-electron chi connectivity index (χ0n) is 20.0. The number of alkyl halides is 3. The lowest BCUT2D eigenvalue weighted by molar-refractivity contribution is -0.192. The number of sulfonamides is 1. The molecule has 2 N–H and O–H groups in total. The van der Waals surface area contributed by atoms with Crippen LogP contribution in [0.15, 0.2) is 29.2 Å². The van der Waals surface area contributed by atoms with Gasteiger partial charge < -0.3 is 15.3 Å². The smallest absolute Gasteiger partial charge is 0.475 e. The van der Waals surface area contributed by atoms with Crippen LogP contribution in [0.25, 0.3) is 0 Å². The molecule has 12 heteroatoms. The van der Waals surface area contributed by atoms with Crippen molar-refractivity contribution in [2.75, 3.05) is 32.7 Å². The maximum Gasteiger partial charge on any atom is 0.490 e. The Hall–Kier alpha value is -2.18. The van der Waals surface area contributed by atoms with Crippen molar-refractivity contribution in [3.05, 3.63) is 29.8 Å². The summed E-state index contributed by atoms with van der Waals surface area (Å²) in [5.74, 6) is -1.67. The number of carboxylic acids is 1. The Balaban J connectivity index is 0.000000429. The van der Waals surface area contributed by atoms with Gasteiger partial charge in [0, 0.05) is 44.2 Å². The SMILES string of the molecule is Cc1ccc(S(=O)(=O)N2CCC3(CC2)NC(=O)[C@@H]2CN(CC(C)C)C[C@@H]23)cc1.O=C(O)C(F)(F)F. The van der Waals surface area contributed by atoms with Crippen molar-refractivity contribution < 1.29 is 36.3 Å². The number of carboxylic acid groups (broad SMARTS) is 1. The molecule has 1 amide bonds. The van der Waals surface area contributed by atoms with E-state index in [0.29, 0.717) is 42.7 Å². The van der Waals surface area contributed by atoms with Gasteiger partial charge in [-0.25, -0.2) is 13.2 Å². The van der Waals surface area contributed by atoms with Crippen LogP contribution < -0.4 is 5.32 Å². The fraction of sp³-hybridized carbons (Fsp3) is 0.652. The number of nitrogens with zero attached hydrogens (tertiary/aromatic N) is 2. The number of rotatable bonds is 4. The van der Waals surface area contributed by atoms with Crippen molar-refractivity contribution in [1.82, 2.24) is 14.5 Å². The molecule has 8 nitrogen and oxygen atoms in total. The van der Waals surface area contributed by atoms with E-state index in [9.17, 15) is 26.4 Å². The van der Waals surface area contributed by atoms with E-state index < -0.39 is 22.2 Å². The average molecular weight is 520 g/mol. The van der Waals surface area contributed by atoms with Gasteiger partial charge in [0.2, 0.25) is 15.9 Å². The van der Waals surface area contributed by atoms with E-state index in [1.54, 1.807) is 16.4 Å². The van der Waals surface area contributed by atoms with Crippen LogP contribution in [-0.2, 0) is 19.6 Å². The number of aliphatic carboxylic acids is 1. The van der Waals surface area contributed by atoms with Crippen LogP contribution in [0.3, 0.4) is 0 Å². The van der Waals surface area contributed by atoms with Gasteiger partial charge in [-0.05, 0) is 37.8 Å². The van der Waals surface area contributed by atoms with E-state index in [-0.39, 0.29) is 17.4 Å². The standard InChI is InChI=1S/C21H31N3O3S.C2HF3O2/c1-15(2)12-23-13-18-19(14-23)21(22-20(18)25)8-10-24(11-9-21)28(26,27)17-6-4-16(3)5-7-17;3-2(4,5)1(6)7/h4-7,15,18-19H,8-14H2,1-3H3,(H,22,25);(H,6,7)/t18-,19+;/m1./s1. The van der Waals surface area contributed by atoms with E-state index in [4.69, 9.17) is 9.90 Å². The summed E-state index contributed by atoms with van der Waals surface area (Å²) in [5.41, 5.74) is 0.802. The molecule has 0 saturated carbocycles. The maximum atomic E-state index is 13.0. The van der Waals surface area contributed by atoms with E-state index in [0.717, 1.165) is 25.2 Å². The molecule has 3 aliphatic rings. The summed E-state index contributed by atoms with van der Waals surface area (Å²) in [6.45, 7) is 10.1. The van der Waals surface area contributed by atoms with Gasteiger partial charge >= 0.3 is 12.1 Å². The molecule has 3 aliphatic heterocycles. The predicted octanol–water partition coefficient (Wildman–Crippen LogP) is 2.49. The molecule has 0 bridgehead atoms. The number of carbonyl (C=O) groups excluding carboxylic acids is 1. The van der Waals surface area contributed by atoms with Crippen LogP contribution in [-0.4, -0.2) is 79.0 Å². The van der Waals surface area contributed by atoms with Crippen LogP contribution in [0.4, 0.5) is 13.2 Å². The summed E-state index contributed by atoms with van der Waals surface area (Å²) in [5, 5.41) is 10.4. The molecule has 3 fully saturated rings. The van der Waals surface area contributed by atoms with Crippen molar-refractivity contribution in [3.63, 3.8) is 0 Å². The molecule has 2 atom stereocenters. The lowest BCUT2D eigenvalue weighted by atomic mass is 9.76. The molecule has 0 aromatic heterocycles. The number of hydrogen-bond acceptors (Lipinski definition) is 5. The highest BCUT2D eigenvalue weighted by Gasteiger charge is 2.57. The topological polar surface area (TPSA) is 107 Å². The largest absolute Gasteiger partial charge is 0.490 e. The second-order valence-electron chi connectivity index (χ2n) is 9.99. The number of amides is 1. The van der Waals surface area contributed by atoms with Crippen LogP contribution >= 0.6 is 0 Å². The van der Waals surface area contributed by atoms with Gasteiger partial charge in [0.25, 0.3) is 0 Å². The van der Waals surface area contributed by atoms with Crippen molar-refractivity contribution in [2.45, 2.75) is 50.2 Å². The Kier molecular flexibility index (Phi) is 7.88. The van der Waals surface area contributed by atoms with Gasteiger partial charge in [-0.3, -0.25) is 4.79 Å². The van der Waals surface area contributed by atoms with E-state index in [1.165, 1.54) is 0 Å². The average Bonchev–Trinajstić information content (AvgIpc) is 3.27. The van der Waals surface area contributed by atoms with E-state index in [1.807, 2.05) is 19.1 Å². The highest BCUT2D eigenvalue weighted by atomic mass is 32.2. The summed E-state index contributed by atoms with van der Waals surface area (Å²) in [6.07, 6.45) is -3.69. The Morgan fingerprint density at radius 3 is 2.20 bits per heavy atom. The Labute approximate surface area is 203 Å². The molecular weight excluding hydrogens is 487 g/mol. The Morgan fingerprint density at radius 1 is 1.17 bits per heavy atom. The molecule has 3 heterocycles. The monoisotopic (exact) mass is 519 g/mol. The fourth-order valence-corrected chi connectivity index (χ4v) is 6.73. The molecule has 196 valence electrons. The van der Waals surface area contributed by atoms with Crippen molar-refractivity contribution in [1.29, 1.82) is 0 Å². The number of nitrogens with one attached hydrogen (secondary N) is 1. The minimum atomic E-state index is -5.08. The zero-order chi connectivity index (χ0) is 26.2. The summed E-state index contributed by atoms with van der Waals surface area (Å²) >= 11 is 0. The molecule has 0 unspecified atom stereocenters. The number of aryl methyl sites for hydroxylation is 1. The number of benzene rings is 1. The first-order valence-electron chi connectivity index (χ1n) is 11.6. The van der Waals surface area contributed by atoms with Crippen LogP contribution in [0.2, 0.25) is 0 Å². The molecule has 0 radical (unpaired) electrons. The molecular formula is C23H32F3N3O5S. The van der Waals surface area contributed by atoms with Crippen molar-refractivity contribution >= 4 is 21.9 Å². The van der Waals surface area contributed by atoms with Crippen LogP contribution in [0.5, 0.6) is 0 Å². The summed E-state index contributed by atoms with van der Waals surface area (Å²) in [4.78, 5) is 24.3. The van der Waals surface area contributed by atoms with Gasteiger partial charge in [-0.15, -0.1) is 0 Å². The molecule has 3 saturated heterocycles. The number of likely N-dealkylation sites (tertiary alicyclic amines) is 1. The third-order valence-corrected chi connectivity index (χ3v) is 8.87. The predicted molar refractivity (Wildman–Crippen MR) is 122 cm³/mol. The molecule has 35 heavy (non-hydrogen) atoms. The third kappa shape index (κ3) is 5.97. The normalized spacial score (nSPS) is 24.7. The highest BCUT2D eigenvalue weighted by Crippen LogP contribution is 2.44. The summed E-state index contributed by atoms with van der Waals surface area (Å²) in [6, 6.07) is 7.04. The molecule has 1 aromatic rings. The van der Waals surface area contributed by atoms with Gasteiger partial charge in [-0.2, -0.15) is 17.5 Å². The first-order valence-corrected chi connectivity index (χ1v) is 13.0. The van der Waals surface area contributed by atoms with E-state index in [2.05, 4.69) is 24.1 Å². The fourth-order valence-electron chi connectivity index (χ4n) is 5.29. The molecule has 1 spiro atoms. The number of hydrogen-bond donors (Lipinski definition) is 2. The Bertz CT molecular complexity index is 1040. The first-order chi connectivity index (χ1) is 16.2. The quantitative estimate of drug-likeness (QED) is 0.633. The number of fused-ring (bicyclic) bond motifs is 2. The molecule has 4 rings (SSSR count). The van der Waals surface area contributed by atoms with Gasteiger partial charge in [0.15, 0.2) is 0 Å². The number of halogens is 3. The number of carbonyl (C=O) groups is 2. The van der Waals surface area contributed by atoms with E-state index >= 15 is 0 Å². The highest BCUT2D eigenvalue weighted by molar-refractivity contribution is 7.89. The minimum absolute atomic E-state index is 0.0546. The zero-order valence-corrected chi connectivity index (χ0v) is 20.8. The number of piperidine rings is 1. The van der Waals surface area contributed by atoms with Crippen LogP contribution in [0, 0.1) is 24.7 Å². The second kappa shape index (κ2) is 10.1. The van der Waals surface area contributed by atoms with Crippen LogP contribution in [0.1, 0.15) is 32.3 Å². The summed E-state index contributed by atoms with van der Waals surface area (Å²) in [7, 11) is -3.48. The lowest BCUT2D eigenvalue weighted by Gasteiger charge is -2.42. The first kappa shape index (κ1) is 27.4. The third-order valence-electron chi connectivity index (χ3n) is 6.95. The lowest BCUT2D eigenvalue weighted by Crippen LogP contribution is -2.56. The molecule has 0 aliphatic carbocycles.